The van der Waals surface area contributed by atoms with Gasteiger partial charge >= 0.3 is 12.1 Å². The molecule has 0 radical (unpaired) electrons. The van der Waals surface area contributed by atoms with Gasteiger partial charge in [0.25, 0.3) is 0 Å². The van der Waals surface area contributed by atoms with E-state index < -0.39 is 34.4 Å². The second-order valence-corrected chi connectivity index (χ2v) is 8.41. The van der Waals surface area contributed by atoms with Gasteiger partial charge in [0.1, 0.15) is 23.1 Å². The summed E-state index contributed by atoms with van der Waals surface area (Å²) in [7, 11) is 0. The molecule has 1 aliphatic rings. The summed E-state index contributed by atoms with van der Waals surface area (Å²) in [6, 6.07) is 14.7. The van der Waals surface area contributed by atoms with E-state index in [2.05, 4.69) is 0 Å². The van der Waals surface area contributed by atoms with Gasteiger partial charge in [0.05, 0.1) is 5.92 Å². The van der Waals surface area contributed by atoms with Crippen LogP contribution < -0.4 is 4.74 Å². The summed E-state index contributed by atoms with van der Waals surface area (Å²) in [5, 5.41) is -1.21. The van der Waals surface area contributed by atoms with Crippen LogP contribution in [0.15, 0.2) is 59.6 Å². The molecule has 0 spiro atoms. The third kappa shape index (κ3) is 5.17. The topological polar surface area (TPSA) is 35.5 Å². The van der Waals surface area contributed by atoms with Crippen molar-refractivity contribution in [1.29, 1.82) is 0 Å². The van der Waals surface area contributed by atoms with Gasteiger partial charge in [-0.2, -0.15) is 13.2 Å². The molecule has 2 atom stereocenters. The van der Waals surface area contributed by atoms with Gasteiger partial charge in [-0.15, -0.1) is 0 Å². The average Bonchev–Trinajstić information content (AvgIpc) is 3.21. The molecule has 1 saturated carbocycles. The van der Waals surface area contributed by atoms with E-state index in [4.69, 9.17) is 21.1 Å². The highest BCUT2D eigenvalue weighted by Crippen LogP contribution is 2.60. The molecule has 30 heavy (non-hydrogen) atoms. The second kappa shape index (κ2) is 8.34. The number of carbonyl (C=O) groups excluding carboxylic acids is 1. The molecule has 0 amide bonds. The standard InChI is InChI=1S/C23H22ClF3O3/c1-14-7-9-16(10-8-14)30-17-6-4-5-15(11-17)13-29-21(28)20-18(22(20,2)3)12-19(24)23(25,26)27/h4-12,18,20H,13H2,1-3H3/b19-12-/t18-,20-/m0/s1. The monoisotopic (exact) mass is 438 g/mol. The van der Waals surface area contributed by atoms with Gasteiger partial charge in [-0.1, -0.05) is 61.4 Å². The number of halogens is 4. The Morgan fingerprint density at radius 2 is 1.80 bits per heavy atom. The fourth-order valence-corrected chi connectivity index (χ4v) is 3.51. The number of ether oxygens (including phenoxy) is 2. The van der Waals surface area contributed by atoms with Crippen molar-refractivity contribution in [2.75, 3.05) is 0 Å². The smallest absolute Gasteiger partial charge is 0.426 e. The molecule has 3 nitrogen and oxygen atoms in total. The number of rotatable bonds is 6. The lowest BCUT2D eigenvalue weighted by atomic mass is 10.1. The zero-order chi connectivity index (χ0) is 22.1. The minimum Gasteiger partial charge on any atom is -0.461 e. The van der Waals surface area contributed by atoms with Crippen molar-refractivity contribution in [1.82, 2.24) is 0 Å². The third-order valence-electron chi connectivity index (χ3n) is 5.30. The Bertz CT molecular complexity index is 949. The van der Waals surface area contributed by atoms with Crippen LogP contribution in [0.3, 0.4) is 0 Å². The molecule has 1 aliphatic carbocycles. The summed E-state index contributed by atoms with van der Waals surface area (Å²) in [4.78, 5) is 12.4. The lowest BCUT2D eigenvalue weighted by molar-refractivity contribution is -0.147. The number of carbonyl (C=O) groups is 1. The number of allylic oxidation sites excluding steroid dienone is 2. The van der Waals surface area contributed by atoms with E-state index >= 15 is 0 Å². The average molecular weight is 439 g/mol. The summed E-state index contributed by atoms with van der Waals surface area (Å²) in [5.41, 5.74) is 1.20. The SMILES string of the molecule is Cc1ccc(Oc2cccc(COC(=O)[C@@H]3[C@H](/C=C(\Cl)C(F)(F)F)C3(C)C)c2)cc1. The van der Waals surface area contributed by atoms with E-state index in [9.17, 15) is 18.0 Å². The van der Waals surface area contributed by atoms with Gasteiger partial charge in [-0.25, -0.2) is 0 Å². The molecule has 160 valence electrons. The van der Waals surface area contributed by atoms with Crippen LogP contribution in [-0.4, -0.2) is 12.1 Å². The molecule has 0 saturated heterocycles. The fourth-order valence-electron chi connectivity index (χ4n) is 3.38. The largest absolute Gasteiger partial charge is 0.461 e. The van der Waals surface area contributed by atoms with Crippen LogP contribution in [0, 0.1) is 24.2 Å². The number of aryl methyl sites for hydroxylation is 1. The Morgan fingerprint density at radius 1 is 1.13 bits per heavy atom. The van der Waals surface area contributed by atoms with Crippen LogP contribution in [0.5, 0.6) is 11.5 Å². The quantitative estimate of drug-likeness (QED) is 0.466. The highest BCUT2D eigenvalue weighted by molar-refractivity contribution is 6.30. The third-order valence-corrected chi connectivity index (χ3v) is 5.64. The maximum Gasteiger partial charge on any atom is 0.426 e. The van der Waals surface area contributed by atoms with Crippen LogP contribution in [0.4, 0.5) is 13.2 Å². The van der Waals surface area contributed by atoms with Gasteiger partial charge in [0.15, 0.2) is 0 Å². The number of hydrogen-bond acceptors (Lipinski definition) is 3. The first kappa shape index (κ1) is 22.2. The van der Waals surface area contributed by atoms with Crippen molar-refractivity contribution in [2.45, 2.75) is 33.6 Å². The fraction of sp³-hybridized carbons (Fsp3) is 0.348. The van der Waals surface area contributed by atoms with E-state index in [0.29, 0.717) is 17.1 Å². The van der Waals surface area contributed by atoms with Crippen LogP contribution in [-0.2, 0) is 16.1 Å². The number of alkyl halides is 3. The van der Waals surface area contributed by atoms with Gasteiger partial charge in [-0.3, -0.25) is 4.79 Å². The molecule has 0 aliphatic heterocycles. The van der Waals surface area contributed by atoms with E-state index in [-0.39, 0.29) is 6.61 Å². The number of esters is 1. The molecular formula is C23H22ClF3O3. The maximum absolute atomic E-state index is 12.7. The van der Waals surface area contributed by atoms with E-state index in [1.165, 1.54) is 0 Å². The predicted octanol–water partition coefficient (Wildman–Crippen LogP) is 6.79. The molecule has 0 unspecified atom stereocenters. The predicted molar refractivity (Wildman–Crippen MR) is 108 cm³/mol. The summed E-state index contributed by atoms with van der Waals surface area (Å²) < 4.78 is 49.2. The summed E-state index contributed by atoms with van der Waals surface area (Å²) in [5.74, 6) is -0.545. The molecule has 2 aromatic rings. The Hall–Kier alpha value is -2.47. The summed E-state index contributed by atoms with van der Waals surface area (Å²) in [6.07, 6.45) is -3.71. The molecule has 0 bridgehead atoms. The van der Waals surface area contributed by atoms with Crippen molar-refractivity contribution in [3.8, 4) is 11.5 Å². The zero-order valence-corrected chi connectivity index (χ0v) is 17.6. The van der Waals surface area contributed by atoms with E-state index in [1.807, 2.05) is 31.2 Å². The van der Waals surface area contributed by atoms with Crippen LogP contribution in [0.2, 0.25) is 0 Å². The van der Waals surface area contributed by atoms with Gasteiger partial charge in [0, 0.05) is 0 Å². The highest BCUT2D eigenvalue weighted by atomic mass is 35.5. The molecule has 2 aromatic carbocycles. The molecule has 0 N–H and O–H groups in total. The highest BCUT2D eigenvalue weighted by Gasteiger charge is 2.62. The minimum absolute atomic E-state index is 0.0000512. The van der Waals surface area contributed by atoms with Crippen molar-refractivity contribution < 1.29 is 27.4 Å². The van der Waals surface area contributed by atoms with Crippen LogP contribution in [0.1, 0.15) is 25.0 Å². The first-order valence-electron chi connectivity index (χ1n) is 9.43. The second-order valence-electron chi connectivity index (χ2n) is 8.01. The first-order valence-corrected chi connectivity index (χ1v) is 9.81. The van der Waals surface area contributed by atoms with Crippen LogP contribution in [0.25, 0.3) is 0 Å². The minimum atomic E-state index is -4.62. The molecule has 3 rings (SSSR count). The molecule has 7 heteroatoms. The Labute approximate surface area is 178 Å². The first-order chi connectivity index (χ1) is 14.0. The van der Waals surface area contributed by atoms with Crippen LogP contribution >= 0.6 is 11.6 Å². The van der Waals surface area contributed by atoms with Crippen molar-refractivity contribution in [3.63, 3.8) is 0 Å². The van der Waals surface area contributed by atoms with Gasteiger partial charge in [-0.05, 0) is 48.1 Å². The summed E-state index contributed by atoms with van der Waals surface area (Å²) >= 11 is 5.32. The van der Waals surface area contributed by atoms with E-state index in [0.717, 1.165) is 11.6 Å². The van der Waals surface area contributed by atoms with Gasteiger partial charge < -0.3 is 9.47 Å². The van der Waals surface area contributed by atoms with Gasteiger partial charge in [0.2, 0.25) is 0 Å². The molecular weight excluding hydrogens is 417 g/mol. The maximum atomic E-state index is 12.7. The molecule has 0 heterocycles. The lowest BCUT2D eigenvalue weighted by Gasteiger charge is -2.09. The van der Waals surface area contributed by atoms with Crippen molar-refractivity contribution >= 4 is 17.6 Å². The number of benzene rings is 2. The van der Waals surface area contributed by atoms with E-state index in [1.54, 1.807) is 38.1 Å². The van der Waals surface area contributed by atoms with Crippen molar-refractivity contribution in [3.05, 3.63) is 70.8 Å². The lowest BCUT2D eigenvalue weighted by Crippen LogP contribution is -2.11. The Morgan fingerprint density at radius 3 is 2.43 bits per heavy atom. The Kier molecular flexibility index (Phi) is 6.18. The molecule has 0 aromatic heterocycles. The normalized spacial score (nSPS) is 20.6. The number of hydrogen-bond donors (Lipinski definition) is 0. The zero-order valence-electron chi connectivity index (χ0n) is 16.8. The molecule has 1 fully saturated rings. The van der Waals surface area contributed by atoms with Crippen molar-refractivity contribution in [2.24, 2.45) is 17.3 Å². The Balaban J connectivity index is 1.60. The summed E-state index contributed by atoms with van der Waals surface area (Å²) in [6.45, 7) is 5.42.